The van der Waals surface area contributed by atoms with Crippen LogP contribution in [0.15, 0.2) is 28.8 Å². The fourth-order valence-electron chi connectivity index (χ4n) is 2.17. The van der Waals surface area contributed by atoms with Crippen LogP contribution in [0.1, 0.15) is 19.7 Å². The molecule has 0 bridgehead atoms. The number of nitrogens with one attached hydrogen (secondary N) is 1. The molecule has 0 aliphatic carbocycles. The topological polar surface area (TPSA) is 69.4 Å². The molecule has 1 fully saturated rings. The summed E-state index contributed by atoms with van der Waals surface area (Å²) >= 11 is 0. The fraction of sp³-hybridized carbons (Fsp3) is 0.467. The molecule has 2 aromatic rings. The van der Waals surface area contributed by atoms with Crippen LogP contribution < -0.4 is 10.1 Å². The van der Waals surface area contributed by atoms with Gasteiger partial charge < -0.3 is 19.3 Å². The molecule has 0 radical (unpaired) electrons. The molecule has 0 unspecified atom stereocenters. The summed E-state index contributed by atoms with van der Waals surface area (Å²) in [7, 11) is 0. The molecule has 21 heavy (non-hydrogen) atoms. The summed E-state index contributed by atoms with van der Waals surface area (Å²) in [5, 5.41) is 7.19. The third-order valence-electron chi connectivity index (χ3n) is 3.44. The SMILES string of the molecule is CCOc1ccccc1-c1noc(COC2(C)CNC2)n1. The van der Waals surface area contributed by atoms with E-state index in [0.29, 0.717) is 24.9 Å². The molecule has 1 saturated heterocycles. The van der Waals surface area contributed by atoms with E-state index in [1.807, 2.05) is 31.2 Å². The summed E-state index contributed by atoms with van der Waals surface area (Å²) < 4.78 is 16.6. The van der Waals surface area contributed by atoms with E-state index in [4.69, 9.17) is 14.0 Å². The Bertz CT molecular complexity index is 608. The molecule has 1 aromatic heterocycles. The van der Waals surface area contributed by atoms with E-state index in [1.165, 1.54) is 0 Å². The zero-order chi connectivity index (χ0) is 14.7. The molecule has 0 amide bonds. The van der Waals surface area contributed by atoms with Gasteiger partial charge in [-0.3, -0.25) is 0 Å². The average molecular weight is 289 g/mol. The van der Waals surface area contributed by atoms with Gasteiger partial charge in [-0.05, 0) is 26.0 Å². The number of aromatic nitrogens is 2. The van der Waals surface area contributed by atoms with Crippen molar-refractivity contribution in [3.8, 4) is 17.1 Å². The van der Waals surface area contributed by atoms with Crippen LogP contribution in [-0.2, 0) is 11.3 Å². The summed E-state index contributed by atoms with van der Waals surface area (Å²) in [6.45, 7) is 6.62. The minimum atomic E-state index is -0.127. The van der Waals surface area contributed by atoms with Crippen molar-refractivity contribution in [1.29, 1.82) is 0 Å². The Labute approximate surface area is 123 Å². The number of benzene rings is 1. The van der Waals surface area contributed by atoms with Crippen LogP contribution in [0.3, 0.4) is 0 Å². The Morgan fingerprint density at radius 1 is 1.33 bits per heavy atom. The van der Waals surface area contributed by atoms with Gasteiger partial charge >= 0.3 is 0 Å². The Morgan fingerprint density at radius 3 is 2.86 bits per heavy atom. The Hall–Kier alpha value is -1.92. The summed E-state index contributed by atoms with van der Waals surface area (Å²) in [6.07, 6.45) is 0. The lowest BCUT2D eigenvalue weighted by molar-refractivity contribution is -0.0841. The highest BCUT2D eigenvalue weighted by Gasteiger charge is 2.33. The van der Waals surface area contributed by atoms with Gasteiger partial charge in [0.15, 0.2) is 0 Å². The first-order chi connectivity index (χ1) is 10.2. The smallest absolute Gasteiger partial charge is 0.252 e. The van der Waals surface area contributed by atoms with E-state index in [9.17, 15) is 0 Å². The molecule has 0 spiro atoms. The van der Waals surface area contributed by atoms with E-state index in [-0.39, 0.29) is 5.60 Å². The van der Waals surface area contributed by atoms with Crippen LogP contribution in [-0.4, -0.2) is 35.4 Å². The monoisotopic (exact) mass is 289 g/mol. The molecule has 0 atom stereocenters. The maximum absolute atomic E-state index is 5.79. The molecule has 0 saturated carbocycles. The zero-order valence-electron chi connectivity index (χ0n) is 12.3. The van der Waals surface area contributed by atoms with Crippen LogP contribution in [0.5, 0.6) is 5.75 Å². The quantitative estimate of drug-likeness (QED) is 0.877. The van der Waals surface area contributed by atoms with Crippen molar-refractivity contribution in [2.45, 2.75) is 26.1 Å². The van der Waals surface area contributed by atoms with Crippen molar-refractivity contribution in [3.05, 3.63) is 30.2 Å². The van der Waals surface area contributed by atoms with E-state index in [1.54, 1.807) is 0 Å². The third kappa shape index (κ3) is 3.06. The van der Waals surface area contributed by atoms with Gasteiger partial charge in [0, 0.05) is 13.1 Å². The first kappa shape index (κ1) is 14.0. The predicted molar refractivity (Wildman–Crippen MR) is 77.0 cm³/mol. The molecule has 2 heterocycles. The van der Waals surface area contributed by atoms with Crippen LogP contribution in [0, 0.1) is 0 Å². The maximum Gasteiger partial charge on any atom is 0.252 e. The highest BCUT2D eigenvalue weighted by Crippen LogP contribution is 2.28. The van der Waals surface area contributed by atoms with Crippen LogP contribution >= 0.6 is 0 Å². The fourth-order valence-corrected chi connectivity index (χ4v) is 2.17. The Kier molecular flexibility index (Phi) is 3.90. The van der Waals surface area contributed by atoms with Gasteiger partial charge in [-0.2, -0.15) is 4.98 Å². The molecular formula is C15H19N3O3. The molecule has 1 aliphatic rings. The number of hydrogen-bond acceptors (Lipinski definition) is 6. The summed E-state index contributed by atoms with van der Waals surface area (Å²) in [5.74, 6) is 1.75. The third-order valence-corrected chi connectivity index (χ3v) is 3.44. The summed E-state index contributed by atoms with van der Waals surface area (Å²) in [6, 6.07) is 7.65. The normalized spacial score (nSPS) is 16.5. The van der Waals surface area contributed by atoms with Crippen molar-refractivity contribution in [1.82, 2.24) is 15.5 Å². The zero-order valence-corrected chi connectivity index (χ0v) is 12.3. The van der Waals surface area contributed by atoms with Gasteiger partial charge in [0.1, 0.15) is 12.4 Å². The average Bonchev–Trinajstić information content (AvgIpc) is 2.93. The molecule has 1 N–H and O–H groups in total. The molecular weight excluding hydrogens is 270 g/mol. The van der Waals surface area contributed by atoms with Gasteiger partial charge in [-0.1, -0.05) is 17.3 Å². The lowest BCUT2D eigenvalue weighted by Crippen LogP contribution is -2.58. The number of para-hydroxylation sites is 1. The lowest BCUT2D eigenvalue weighted by atomic mass is 10.0. The Balaban J connectivity index is 1.72. The molecule has 1 aromatic carbocycles. The highest BCUT2D eigenvalue weighted by atomic mass is 16.5. The van der Waals surface area contributed by atoms with Crippen molar-refractivity contribution >= 4 is 0 Å². The number of hydrogen-bond donors (Lipinski definition) is 1. The van der Waals surface area contributed by atoms with Gasteiger partial charge in [0.05, 0.1) is 17.8 Å². The van der Waals surface area contributed by atoms with E-state index >= 15 is 0 Å². The summed E-state index contributed by atoms with van der Waals surface area (Å²) in [5.41, 5.74) is 0.698. The second-order valence-corrected chi connectivity index (χ2v) is 5.28. The van der Waals surface area contributed by atoms with E-state index in [0.717, 1.165) is 24.4 Å². The van der Waals surface area contributed by atoms with Crippen molar-refractivity contribution in [2.75, 3.05) is 19.7 Å². The maximum atomic E-state index is 5.79. The molecule has 3 rings (SSSR count). The minimum absolute atomic E-state index is 0.127. The second kappa shape index (κ2) is 5.83. The minimum Gasteiger partial charge on any atom is -0.493 e. The van der Waals surface area contributed by atoms with Gasteiger partial charge in [-0.15, -0.1) is 0 Å². The number of nitrogens with zero attached hydrogens (tertiary/aromatic N) is 2. The highest BCUT2D eigenvalue weighted by molar-refractivity contribution is 5.63. The lowest BCUT2D eigenvalue weighted by Gasteiger charge is -2.38. The predicted octanol–water partition coefficient (Wildman–Crippen LogP) is 2.01. The van der Waals surface area contributed by atoms with Gasteiger partial charge in [-0.25, -0.2) is 0 Å². The van der Waals surface area contributed by atoms with Crippen molar-refractivity contribution < 1.29 is 14.0 Å². The molecule has 6 heteroatoms. The van der Waals surface area contributed by atoms with Crippen molar-refractivity contribution in [3.63, 3.8) is 0 Å². The van der Waals surface area contributed by atoms with Crippen LogP contribution in [0.2, 0.25) is 0 Å². The number of rotatable bonds is 6. The van der Waals surface area contributed by atoms with E-state index < -0.39 is 0 Å². The first-order valence-corrected chi connectivity index (χ1v) is 7.10. The van der Waals surface area contributed by atoms with Crippen molar-refractivity contribution in [2.24, 2.45) is 0 Å². The first-order valence-electron chi connectivity index (χ1n) is 7.10. The largest absolute Gasteiger partial charge is 0.493 e. The molecule has 6 nitrogen and oxygen atoms in total. The molecule has 1 aliphatic heterocycles. The van der Waals surface area contributed by atoms with Crippen LogP contribution in [0.4, 0.5) is 0 Å². The van der Waals surface area contributed by atoms with Gasteiger partial charge in [0.25, 0.3) is 5.89 Å². The second-order valence-electron chi connectivity index (χ2n) is 5.28. The summed E-state index contributed by atoms with van der Waals surface area (Å²) in [4.78, 5) is 4.38. The van der Waals surface area contributed by atoms with E-state index in [2.05, 4.69) is 22.4 Å². The standard InChI is InChI=1S/C15H19N3O3/c1-3-19-12-7-5-4-6-11(12)14-17-13(21-18-14)8-20-15(2)9-16-10-15/h4-7,16H,3,8-10H2,1-2H3. The molecule has 112 valence electrons. The number of ether oxygens (including phenoxy) is 2. The Morgan fingerprint density at radius 2 is 2.14 bits per heavy atom. The van der Waals surface area contributed by atoms with Crippen LogP contribution in [0.25, 0.3) is 11.4 Å². The van der Waals surface area contributed by atoms with Gasteiger partial charge in [0.2, 0.25) is 5.82 Å².